The number of aryl methyl sites for hydroxylation is 1. The SMILES string of the molecule is COc1cc(C)ccc1C(N)c1cc(F)ccc1F. The van der Waals surface area contributed by atoms with Crippen LogP contribution in [-0.2, 0) is 0 Å². The first kappa shape index (κ1) is 13.5. The van der Waals surface area contributed by atoms with E-state index in [4.69, 9.17) is 10.5 Å². The normalized spacial score (nSPS) is 12.3. The molecular weight excluding hydrogens is 248 g/mol. The molecule has 4 heteroatoms. The summed E-state index contributed by atoms with van der Waals surface area (Å²) in [5, 5.41) is 0. The number of ether oxygens (including phenoxy) is 1. The van der Waals surface area contributed by atoms with Crippen LogP contribution in [0, 0.1) is 18.6 Å². The molecule has 0 aliphatic carbocycles. The van der Waals surface area contributed by atoms with E-state index >= 15 is 0 Å². The van der Waals surface area contributed by atoms with Crippen LogP contribution in [0.3, 0.4) is 0 Å². The van der Waals surface area contributed by atoms with Crippen molar-refractivity contribution in [2.75, 3.05) is 7.11 Å². The lowest BCUT2D eigenvalue weighted by Crippen LogP contribution is -2.15. The molecule has 2 rings (SSSR count). The van der Waals surface area contributed by atoms with Gasteiger partial charge in [-0.1, -0.05) is 12.1 Å². The number of rotatable bonds is 3. The Kier molecular flexibility index (Phi) is 3.81. The first-order chi connectivity index (χ1) is 9.02. The van der Waals surface area contributed by atoms with Crippen LogP contribution in [0.15, 0.2) is 36.4 Å². The minimum absolute atomic E-state index is 0.113. The topological polar surface area (TPSA) is 35.2 Å². The molecular formula is C15H15F2NO. The summed E-state index contributed by atoms with van der Waals surface area (Å²) in [5.41, 5.74) is 7.77. The first-order valence-electron chi connectivity index (χ1n) is 5.88. The zero-order chi connectivity index (χ0) is 14.0. The third-order valence-corrected chi connectivity index (χ3v) is 3.02. The second-order valence-corrected chi connectivity index (χ2v) is 4.39. The Morgan fingerprint density at radius 2 is 1.79 bits per heavy atom. The number of hydrogen-bond acceptors (Lipinski definition) is 2. The van der Waals surface area contributed by atoms with Crippen molar-refractivity contribution < 1.29 is 13.5 Å². The summed E-state index contributed by atoms with van der Waals surface area (Å²) in [6.45, 7) is 1.92. The van der Waals surface area contributed by atoms with E-state index in [0.29, 0.717) is 11.3 Å². The molecule has 1 atom stereocenters. The Labute approximate surface area is 110 Å². The smallest absolute Gasteiger partial charge is 0.128 e. The van der Waals surface area contributed by atoms with Gasteiger partial charge in [-0.3, -0.25) is 0 Å². The quantitative estimate of drug-likeness (QED) is 0.921. The van der Waals surface area contributed by atoms with Gasteiger partial charge in [-0.2, -0.15) is 0 Å². The van der Waals surface area contributed by atoms with Crippen molar-refractivity contribution in [1.82, 2.24) is 0 Å². The zero-order valence-electron chi connectivity index (χ0n) is 10.8. The summed E-state index contributed by atoms with van der Waals surface area (Å²) in [5.74, 6) is -0.481. The van der Waals surface area contributed by atoms with Gasteiger partial charge in [-0.05, 0) is 36.8 Å². The molecule has 0 heterocycles. The van der Waals surface area contributed by atoms with Crippen LogP contribution in [0.25, 0.3) is 0 Å². The number of halogens is 2. The maximum absolute atomic E-state index is 13.7. The van der Waals surface area contributed by atoms with Crippen LogP contribution < -0.4 is 10.5 Å². The van der Waals surface area contributed by atoms with Crippen molar-refractivity contribution in [3.63, 3.8) is 0 Å². The Morgan fingerprint density at radius 1 is 1.05 bits per heavy atom. The summed E-state index contributed by atoms with van der Waals surface area (Å²) in [7, 11) is 1.52. The van der Waals surface area contributed by atoms with Crippen molar-refractivity contribution in [2.45, 2.75) is 13.0 Å². The van der Waals surface area contributed by atoms with Gasteiger partial charge in [0.1, 0.15) is 17.4 Å². The average Bonchev–Trinajstić information content (AvgIpc) is 2.40. The van der Waals surface area contributed by atoms with Crippen molar-refractivity contribution in [3.8, 4) is 5.75 Å². The fourth-order valence-corrected chi connectivity index (χ4v) is 2.00. The van der Waals surface area contributed by atoms with Gasteiger partial charge < -0.3 is 10.5 Å². The molecule has 2 N–H and O–H groups in total. The molecule has 0 saturated carbocycles. The highest BCUT2D eigenvalue weighted by atomic mass is 19.1. The Balaban J connectivity index is 2.49. The van der Waals surface area contributed by atoms with Crippen molar-refractivity contribution in [3.05, 3.63) is 64.7 Å². The van der Waals surface area contributed by atoms with Gasteiger partial charge in [-0.15, -0.1) is 0 Å². The highest BCUT2D eigenvalue weighted by molar-refractivity contribution is 5.43. The van der Waals surface area contributed by atoms with E-state index in [-0.39, 0.29) is 5.56 Å². The van der Waals surface area contributed by atoms with Crippen LogP contribution in [0.2, 0.25) is 0 Å². The predicted molar refractivity (Wildman–Crippen MR) is 70.1 cm³/mol. The Hall–Kier alpha value is -1.94. The van der Waals surface area contributed by atoms with E-state index in [1.807, 2.05) is 19.1 Å². The predicted octanol–water partition coefficient (Wildman–Crippen LogP) is 3.33. The molecule has 0 radical (unpaired) electrons. The van der Waals surface area contributed by atoms with Gasteiger partial charge in [0.25, 0.3) is 0 Å². The summed E-state index contributed by atoms with van der Waals surface area (Å²) in [6, 6.07) is 7.92. The molecule has 2 nitrogen and oxygen atoms in total. The number of benzene rings is 2. The van der Waals surface area contributed by atoms with Gasteiger partial charge in [0.15, 0.2) is 0 Å². The van der Waals surface area contributed by atoms with E-state index in [2.05, 4.69) is 0 Å². The Morgan fingerprint density at radius 3 is 2.47 bits per heavy atom. The second kappa shape index (κ2) is 5.36. The van der Waals surface area contributed by atoms with Gasteiger partial charge in [0.2, 0.25) is 0 Å². The molecule has 2 aromatic rings. The maximum Gasteiger partial charge on any atom is 0.128 e. The number of methoxy groups -OCH3 is 1. The lowest BCUT2D eigenvalue weighted by molar-refractivity contribution is 0.407. The Bertz CT molecular complexity index is 599. The molecule has 0 spiro atoms. The fourth-order valence-electron chi connectivity index (χ4n) is 2.00. The summed E-state index contributed by atoms with van der Waals surface area (Å²) in [6.07, 6.45) is 0. The molecule has 0 aliphatic rings. The largest absolute Gasteiger partial charge is 0.496 e. The molecule has 2 aromatic carbocycles. The van der Waals surface area contributed by atoms with Gasteiger partial charge in [-0.25, -0.2) is 8.78 Å². The molecule has 0 aliphatic heterocycles. The van der Waals surface area contributed by atoms with Crippen LogP contribution >= 0.6 is 0 Å². The fraction of sp³-hybridized carbons (Fsp3) is 0.200. The summed E-state index contributed by atoms with van der Waals surface area (Å²) in [4.78, 5) is 0. The highest BCUT2D eigenvalue weighted by Crippen LogP contribution is 2.30. The molecule has 0 fully saturated rings. The first-order valence-corrected chi connectivity index (χ1v) is 5.88. The standard InChI is InChI=1S/C15H15F2NO/c1-9-3-5-11(14(7-9)19-2)15(18)12-8-10(16)4-6-13(12)17/h3-8,15H,18H2,1-2H3. The molecule has 19 heavy (non-hydrogen) atoms. The summed E-state index contributed by atoms with van der Waals surface area (Å²) < 4.78 is 32.2. The van der Waals surface area contributed by atoms with E-state index in [0.717, 1.165) is 23.8 Å². The molecule has 0 saturated heterocycles. The number of hydrogen-bond donors (Lipinski definition) is 1. The van der Waals surface area contributed by atoms with E-state index in [9.17, 15) is 8.78 Å². The van der Waals surface area contributed by atoms with Crippen LogP contribution in [-0.4, -0.2) is 7.11 Å². The molecule has 0 aromatic heterocycles. The molecule has 100 valence electrons. The number of nitrogens with two attached hydrogens (primary N) is 1. The minimum atomic E-state index is -0.772. The van der Waals surface area contributed by atoms with E-state index in [1.54, 1.807) is 6.07 Å². The van der Waals surface area contributed by atoms with Crippen LogP contribution in [0.4, 0.5) is 8.78 Å². The van der Waals surface area contributed by atoms with Crippen LogP contribution in [0.1, 0.15) is 22.7 Å². The molecule has 1 unspecified atom stereocenters. The zero-order valence-corrected chi connectivity index (χ0v) is 10.8. The third kappa shape index (κ3) is 2.74. The third-order valence-electron chi connectivity index (χ3n) is 3.02. The van der Waals surface area contributed by atoms with Gasteiger partial charge in [0, 0.05) is 11.1 Å². The highest BCUT2D eigenvalue weighted by Gasteiger charge is 2.18. The van der Waals surface area contributed by atoms with E-state index in [1.165, 1.54) is 7.11 Å². The summed E-state index contributed by atoms with van der Waals surface area (Å²) >= 11 is 0. The second-order valence-electron chi connectivity index (χ2n) is 4.39. The van der Waals surface area contributed by atoms with Crippen LogP contribution in [0.5, 0.6) is 5.75 Å². The molecule has 0 bridgehead atoms. The van der Waals surface area contributed by atoms with Crippen molar-refractivity contribution >= 4 is 0 Å². The van der Waals surface area contributed by atoms with Gasteiger partial charge >= 0.3 is 0 Å². The lowest BCUT2D eigenvalue weighted by atomic mass is 9.97. The van der Waals surface area contributed by atoms with Gasteiger partial charge in [0.05, 0.1) is 13.2 Å². The monoisotopic (exact) mass is 263 g/mol. The average molecular weight is 263 g/mol. The van der Waals surface area contributed by atoms with E-state index < -0.39 is 17.7 Å². The van der Waals surface area contributed by atoms with Crippen molar-refractivity contribution in [1.29, 1.82) is 0 Å². The molecule has 0 amide bonds. The maximum atomic E-state index is 13.7. The lowest BCUT2D eigenvalue weighted by Gasteiger charge is -2.17. The minimum Gasteiger partial charge on any atom is -0.496 e. The van der Waals surface area contributed by atoms with Crippen molar-refractivity contribution in [2.24, 2.45) is 5.73 Å².